The summed E-state index contributed by atoms with van der Waals surface area (Å²) in [4.78, 5) is 38.7. The summed E-state index contributed by atoms with van der Waals surface area (Å²) >= 11 is 0. The number of likely N-dealkylation sites (N-methyl/N-ethyl adjacent to an activating group) is 1. The summed E-state index contributed by atoms with van der Waals surface area (Å²) in [5.41, 5.74) is 0.341. The molecule has 2 N–H and O–H groups in total. The van der Waals surface area contributed by atoms with E-state index in [0.29, 0.717) is 17.4 Å². The molecule has 0 radical (unpaired) electrons. The Labute approximate surface area is 187 Å². The van der Waals surface area contributed by atoms with Crippen LogP contribution in [0.15, 0.2) is 47.3 Å². The highest BCUT2D eigenvalue weighted by molar-refractivity contribution is 5.95. The van der Waals surface area contributed by atoms with Crippen LogP contribution in [0, 0.1) is 24.4 Å². The molecule has 8 nitrogen and oxygen atoms in total. The molecule has 0 aliphatic carbocycles. The Hall–Kier alpha value is -3.86. The van der Waals surface area contributed by atoms with E-state index in [1.807, 2.05) is 6.07 Å². The number of carbonyl (C=O) groups is 2. The van der Waals surface area contributed by atoms with Crippen molar-refractivity contribution in [2.24, 2.45) is 7.05 Å². The zero-order chi connectivity index (χ0) is 24.3. The standard InChI is InChI=1S/C22H22F3N5O3/c1-13-21(22(33)30(29(13)3)14-7-5-4-6-8-14)27-18(32)12-28(2)11-17(31)26-16-10-9-15(23)19(24)20(16)25/h4-10H,11-12H2,1-3H3,(H,26,31)(H,27,32). The van der Waals surface area contributed by atoms with Crippen LogP contribution in [-0.2, 0) is 16.6 Å². The Bertz CT molecular complexity index is 1250. The molecule has 0 saturated heterocycles. The molecule has 0 fully saturated rings. The molecule has 0 spiro atoms. The zero-order valence-corrected chi connectivity index (χ0v) is 18.2. The molecule has 3 aromatic rings. The molecule has 1 heterocycles. The van der Waals surface area contributed by atoms with E-state index >= 15 is 0 Å². The van der Waals surface area contributed by atoms with Crippen LogP contribution in [0.5, 0.6) is 0 Å². The highest BCUT2D eigenvalue weighted by Gasteiger charge is 2.20. The van der Waals surface area contributed by atoms with Crippen LogP contribution in [0.2, 0.25) is 0 Å². The second-order valence-electron chi connectivity index (χ2n) is 7.43. The maximum Gasteiger partial charge on any atom is 0.295 e. The van der Waals surface area contributed by atoms with E-state index in [1.165, 1.54) is 16.6 Å². The van der Waals surface area contributed by atoms with Crippen molar-refractivity contribution in [2.45, 2.75) is 6.92 Å². The second-order valence-corrected chi connectivity index (χ2v) is 7.43. The summed E-state index contributed by atoms with van der Waals surface area (Å²) in [7, 11) is 3.15. The Morgan fingerprint density at radius 1 is 0.939 bits per heavy atom. The van der Waals surface area contributed by atoms with Gasteiger partial charge in [-0.1, -0.05) is 18.2 Å². The lowest BCUT2D eigenvalue weighted by molar-refractivity contribution is -0.119. The van der Waals surface area contributed by atoms with Crippen LogP contribution in [0.3, 0.4) is 0 Å². The minimum atomic E-state index is -1.69. The Kier molecular flexibility index (Phi) is 7.02. The number of nitrogens with zero attached hydrogens (tertiary/aromatic N) is 3. The van der Waals surface area contributed by atoms with Gasteiger partial charge in [0.25, 0.3) is 5.56 Å². The van der Waals surface area contributed by atoms with Crippen LogP contribution in [-0.4, -0.2) is 46.2 Å². The van der Waals surface area contributed by atoms with E-state index in [0.717, 1.165) is 6.07 Å². The number of nitrogens with one attached hydrogen (secondary N) is 2. The molecule has 3 rings (SSSR count). The number of carbonyl (C=O) groups excluding carboxylic acids is 2. The molecule has 11 heteroatoms. The number of rotatable bonds is 7. The Balaban J connectivity index is 1.64. The lowest BCUT2D eigenvalue weighted by Crippen LogP contribution is -2.37. The lowest BCUT2D eigenvalue weighted by atomic mass is 10.2. The van der Waals surface area contributed by atoms with Crippen molar-refractivity contribution in [3.8, 4) is 5.69 Å². The summed E-state index contributed by atoms with van der Waals surface area (Å²) < 4.78 is 43.0. The van der Waals surface area contributed by atoms with Crippen molar-refractivity contribution in [2.75, 3.05) is 30.8 Å². The molecular weight excluding hydrogens is 439 g/mol. The number of aromatic nitrogens is 2. The second kappa shape index (κ2) is 9.74. The number of halogens is 3. The number of benzene rings is 2. The molecule has 1 aromatic heterocycles. The molecule has 0 aliphatic rings. The summed E-state index contributed by atoms with van der Waals surface area (Å²) in [6.07, 6.45) is 0. The van der Waals surface area contributed by atoms with Crippen LogP contribution in [0.25, 0.3) is 5.69 Å². The van der Waals surface area contributed by atoms with Crippen molar-refractivity contribution in [3.05, 3.63) is 76.0 Å². The van der Waals surface area contributed by atoms with Gasteiger partial charge in [-0.25, -0.2) is 17.9 Å². The predicted octanol–water partition coefficient (Wildman–Crippen LogP) is 2.41. The fraction of sp³-hybridized carbons (Fsp3) is 0.227. The van der Waals surface area contributed by atoms with Gasteiger partial charge in [0.15, 0.2) is 17.5 Å². The monoisotopic (exact) mass is 461 g/mol. The predicted molar refractivity (Wildman–Crippen MR) is 117 cm³/mol. The van der Waals surface area contributed by atoms with Crippen molar-refractivity contribution >= 4 is 23.2 Å². The van der Waals surface area contributed by atoms with Gasteiger partial charge >= 0.3 is 0 Å². The maximum absolute atomic E-state index is 13.7. The molecule has 0 saturated carbocycles. The van der Waals surface area contributed by atoms with Gasteiger partial charge in [-0.05, 0) is 38.2 Å². The van der Waals surface area contributed by atoms with E-state index in [9.17, 15) is 27.6 Å². The molecule has 33 heavy (non-hydrogen) atoms. The molecule has 2 amide bonds. The minimum Gasteiger partial charge on any atom is -0.322 e. The highest BCUT2D eigenvalue weighted by atomic mass is 19.2. The smallest absolute Gasteiger partial charge is 0.295 e. The largest absolute Gasteiger partial charge is 0.322 e. The van der Waals surface area contributed by atoms with Crippen LogP contribution in [0.1, 0.15) is 5.69 Å². The number of hydrogen-bond acceptors (Lipinski definition) is 4. The van der Waals surface area contributed by atoms with Crippen molar-refractivity contribution < 1.29 is 22.8 Å². The quantitative estimate of drug-likeness (QED) is 0.529. The molecule has 0 bridgehead atoms. The third-order valence-corrected chi connectivity index (χ3v) is 4.95. The van der Waals surface area contributed by atoms with Crippen LogP contribution >= 0.6 is 0 Å². The van der Waals surface area contributed by atoms with Crippen LogP contribution < -0.4 is 16.2 Å². The molecule has 174 valence electrons. The Morgan fingerprint density at radius 3 is 2.18 bits per heavy atom. The lowest BCUT2D eigenvalue weighted by Gasteiger charge is -2.16. The van der Waals surface area contributed by atoms with E-state index in [2.05, 4.69) is 10.6 Å². The maximum atomic E-state index is 13.7. The zero-order valence-electron chi connectivity index (χ0n) is 18.2. The first kappa shape index (κ1) is 23.8. The average molecular weight is 461 g/mol. The molecule has 0 aliphatic heterocycles. The SMILES string of the molecule is Cc1c(NC(=O)CN(C)CC(=O)Nc2ccc(F)c(F)c2F)c(=O)n(-c2ccccc2)n1C. The van der Waals surface area contributed by atoms with E-state index in [-0.39, 0.29) is 18.8 Å². The fourth-order valence-corrected chi connectivity index (χ4v) is 3.25. The highest BCUT2D eigenvalue weighted by Crippen LogP contribution is 2.19. The average Bonchev–Trinajstić information content (AvgIpc) is 2.97. The Morgan fingerprint density at radius 2 is 1.55 bits per heavy atom. The van der Waals surface area contributed by atoms with Gasteiger partial charge in [-0.3, -0.25) is 24.0 Å². The van der Waals surface area contributed by atoms with Crippen molar-refractivity contribution in [1.29, 1.82) is 0 Å². The number of hydrogen-bond donors (Lipinski definition) is 2. The van der Waals surface area contributed by atoms with E-state index < -0.39 is 40.5 Å². The van der Waals surface area contributed by atoms with Gasteiger partial charge in [-0.2, -0.15) is 0 Å². The third kappa shape index (κ3) is 5.14. The van der Waals surface area contributed by atoms with Gasteiger partial charge in [0.1, 0.15) is 5.69 Å². The van der Waals surface area contributed by atoms with Crippen molar-refractivity contribution in [1.82, 2.24) is 14.3 Å². The van der Waals surface area contributed by atoms with Gasteiger partial charge in [0, 0.05) is 7.05 Å². The molecular formula is C22H22F3N5O3. The van der Waals surface area contributed by atoms with E-state index in [4.69, 9.17) is 0 Å². The van der Waals surface area contributed by atoms with Gasteiger partial charge in [0.2, 0.25) is 11.8 Å². The molecule has 2 aromatic carbocycles. The first-order valence-corrected chi connectivity index (χ1v) is 9.86. The summed E-state index contributed by atoms with van der Waals surface area (Å²) in [5.74, 6) is -5.87. The summed E-state index contributed by atoms with van der Waals surface area (Å²) in [6, 6.07) is 10.5. The minimum absolute atomic E-state index is 0.105. The first-order chi connectivity index (χ1) is 15.6. The topological polar surface area (TPSA) is 88.4 Å². The number of para-hydroxylation sites is 1. The number of anilines is 2. The third-order valence-electron chi connectivity index (χ3n) is 4.95. The van der Waals surface area contributed by atoms with E-state index in [1.54, 1.807) is 42.9 Å². The first-order valence-electron chi connectivity index (χ1n) is 9.86. The van der Waals surface area contributed by atoms with Gasteiger partial charge < -0.3 is 10.6 Å². The van der Waals surface area contributed by atoms with Crippen LogP contribution in [0.4, 0.5) is 24.5 Å². The van der Waals surface area contributed by atoms with Gasteiger partial charge in [-0.15, -0.1) is 0 Å². The normalized spacial score (nSPS) is 11.0. The molecule has 0 atom stereocenters. The van der Waals surface area contributed by atoms with Crippen molar-refractivity contribution in [3.63, 3.8) is 0 Å². The summed E-state index contributed by atoms with van der Waals surface area (Å²) in [6.45, 7) is 1.09. The molecule has 0 unspecified atom stereocenters. The van der Waals surface area contributed by atoms with Gasteiger partial charge in [0.05, 0.1) is 30.2 Å². The summed E-state index contributed by atoms with van der Waals surface area (Å²) in [5, 5.41) is 4.70. The fourth-order valence-electron chi connectivity index (χ4n) is 3.25. The number of amides is 2.